The van der Waals surface area contributed by atoms with E-state index in [9.17, 15) is 18.0 Å². The van der Waals surface area contributed by atoms with Crippen LogP contribution in [0, 0.1) is 17.3 Å². The number of carbonyl (C=O) groups excluding carboxylic acids is 1. The van der Waals surface area contributed by atoms with Gasteiger partial charge in [0, 0.05) is 22.2 Å². The van der Waals surface area contributed by atoms with E-state index in [4.69, 9.17) is 0 Å². The molecule has 0 aliphatic heterocycles. The second kappa shape index (κ2) is 7.52. The number of halogens is 3. The predicted octanol–water partition coefficient (Wildman–Crippen LogP) is 5.24. The number of carbonyl (C=O) groups is 1. The Bertz CT molecular complexity index is 821. The van der Waals surface area contributed by atoms with E-state index in [1.807, 2.05) is 20.8 Å². The highest BCUT2D eigenvalue weighted by molar-refractivity contribution is 6.04. The fourth-order valence-corrected chi connectivity index (χ4v) is 1.91. The molecule has 26 heavy (non-hydrogen) atoms. The molecule has 0 spiro atoms. The number of benzene rings is 2. The molecule has 0 heterocycles. The predicted molar refractivity (Wildman–Crippen MR) is 93.9 cm³/mol. The van der Waals surface area contributed by atoms with Gasteiger partial charge in [-0.1, -0.05) is 11.8 Å². The third-order valence-corrected chi connectivity index (χ3v) is 3.07. The average molecular weight is 361 g/mol. The standard InChI is InChI=1S/C20H18F3NO2/c1-19(2,3)13-12-14-4-6-15(7-5-14)18(25)24-16-8-10-17(11-9-16)26-20(21,22)23/h4-11H,1-3H3,(H,24,25). The van der Waals surface area contributed by atoms with Gasteiger partial charge in [0.15, 0.2) is 0 Å². The fraction of sp³-hybridized carbons (Fsp3) is 0.250. The molecule has 136 valence electrons. The highest BCUT2D eigenvalue weighted by atomic mass is 19.4. The van der Waals surface area contributed by atoms with Gasteiger partial charge >= 0.3 is 6.36 Å². The summed E-state index contributed by atoms with van der Waals surface area (Å²) in [4.78, 5) is 12.2. The van der Waals surface area contributed by atoms with E-state index in [2.05, 4.69) is 21.9 Å². The summed E-state index contributed by atoms with van der Waals surface area (Å²) in [5, 5.41) is 2.61. The molecule has 1 amide bonds. The van der Waals surface area contributed by atoms with Crippen molar-refractivity contribution in [3.8, 4) is 17.6 Å². The number of rotatable bonds is 3. The topological polar surface area (TPSA) is 38.3 Å². The van der Waals surface area contributed by atoms with Crippen molar-refractivity contribution in [1.82, 2.24) is 0 Å². The van der Waals surface area contributed by atoms with Crippen LogP contribution in [-0.4, -0.2) is 12.3 Å². The van der Waals surface area contributed by atoms with E-state index in [-0.39, 0.29) is 17.1 Å². The molecule has 3 nitrogen and oxygen atoms in total. The Morgan fingerprint density at radius 3 is 2.04 bits per heavy atom. The molecule has 1 N–H and O–H groups in total. The van der Waals surface area contributed by atoms with Gasteiger partial charge in [0.05, 0.1) is 0 Å². The van der Waals surface area contributed by atoms with Gasteiger partial charge in [-0.25, -0.2) is 0 Å². The quantitative estimate of drug-likeness (QED) is 0.760. The Morgan fingerprint density at radius 2 is 1.54 bits per heavy atom. The van der Waals surface area contributed by atoms with Crippen molar-refractivity contribution in [3.63, 3.8) is 0 Å². The summed E-state index contributed by atoms with van der Waals surface area (Å²) in [6.45, 7) is 6.02. The largest absolute Gasteiger partial charge is 0.573 e. The summed E-state index contributed by atoms with van der Waals surface area (Å²) in [6, 6.07) is 11.7. The Morgan fingerprint density at radius 1 is 0.962 bits per heavy atom. The van der Waals surface area contributed by atoms with Crippen molar-refractivity contribution in [1.29, 1.82) is 0 Å². The molecule has 0 aliphatic carbocycles. The van der Waals surface area contributed by atoms with E-state index in [1.54, 1.807) is 24.3 Å². The lowest BCUT2D eigenvalue weighted by Crippen LogP contribution is -2.17. The molecule has 2 aromatic rings. The van der Waals surface area contributed by atoms with E-state index >= 15 is 0 Å². The number of nitrogens with one attached hydrogen (secondary N) is 1. The zero-order valence-corrected chi connectivity index (χ0v) is 14.6. The van der Waals surface area contributed by atoms with Crippen LogP contribution in [0.4, 0.5) is 18.9 Å². The molecule has 0 saturated heterocycles. The molecular formula is C20H18F3NO2. The lowest BCUT2D eigenvalue weighted by molar-refractivity contribution is -0.274. The lowest BCUT2D eigenvalue weighted by Gasteiger charge is -2.10. The van der Waals surface area contributed by atoms with Crippen LogP contribution in [0.5, 0.6) is 5.75 Å². The molecule has 0 aliphatic rings. The molecule has 0 atom stereocenters. The first kappa shape index (κ1) is 19.4. The number of anilines is 1. The third-order valence-electron chi connectivity index (χ3n) is 3.07. The first-order valence-corrected chi connectivity index (χ1v) is 7.82. The van der Waals surface area contributed by atoms with Crippen molar-refractivity contribution in [2.45, 2.75) is 27.1 Å². The Labute approximate surface area is 150 Å². The van der Waals surface area contributed by atoms with E-state index in [0.717, 1.165) is 17.7 Å². The van der Waals surface area contributed by atoms with Crippen LogP contribution in [0.25, 0.3) is 0 Å². The zero-order chi connectivity index (χ0) is 19.4. The van der Waals surface area contributed by atoms with E-state index in [1.165, 1.54) is 12.1 Å². The first-order chi connectivity index (χ1) is 12.0. The fourth-order valence-electron chi connectivity index (χ4n) is 1.91. The lowest BCUT2D eigenvalue weighted by atomic mass is 9.97. The van der Waals surface area contributed by atoms with Crippen LogP contribution in [0.1, 0.15) is 36.7 Å². The Balaban J connectivity index is 2.02. The zero-order valence-electron chi connectivity index (χ0n) is 14.6. The van der Waals surface area contributed by atoms with Crippen LogP contribution in [0.2, 0.25) is 0 Å². The molecule has 2 aromatic carbocycles. The van der Waals surface area contributed by atoms with Gasteiger partial charge in [0.2, 0.25) is 0 Å². The number of alkyl halides is 3. The summed E-state index contributed by atoms with van der Waals surface area (Å²) in [6.07, 6.45) is -4.75. The van der Waals surface area contributed by atoms with Crippen molar-refractivity contribution >= 4 is 11.6 Å². The first-order valence-electron chi connectivity index (χ1n) is 7.82. The molecular weight excluding hydrogens is 343 g/mol. The van der Waals surface area contributed by atoms with Gasteiger partial charge in [-0.05, 0) is 69.3 Å². The van der Waals surface area contributed by atoms with Gasteiger partial charge in [-0.3, -0.25) is 4.79 Å². The molecule has 2 rings (SSSR count). The summed E-state index contributed by atoms with van der Waals surface area (Å²) < 4.78 is 40.2. The van der Waals surface area contributed by atoms with Crippen molar-refractivity contribution < 1.29 is 22.7 Å². The van der Waals surface area contributed by atoms with Gasteiger partial charge in [-0.15, -0.1) is 13.2 Å². The number of ether oxygens (including phenoxy) is 1. The van der Waals surface area contributed by atoms with Crippen LogP contribution < -0.4 is 10.1 Å². The highest BCUT2D eigenvalue weighted by Gasteiger charge is 2.30. The van der Waals surface area contributed by atoms with Crippen molar-refractivity contribution in [2.24, 2.45) is 5.41 Å². The maximum atomic E-state index is 12.2. The summed E-state index contributed by atoms with van der Waals surface area (Å²) in [7, 11) is 0. The van der Waals surface area contributed by atoms with Gasteiger partial charge in [0.25, 0.3) is 5.91 Å². The summed E-state index contributed by atoms with van der Waals surface area (Å²) in [5.74, 6) is 5.42. The highest BCUT2D eigenvalue weighted by Crippen LogP contribution is 2.24. The minimum atomic E-state index is -4.75. The van der Waals surface area contributed by atoms with Crippen LogP contribution in [0.15, 0.2) is 48.5 Å². The molecule has 0 unspecified atom stereocenters. The van der Waals surface area contributed by atoms with E-state index < -0.39 is 6.36 Å². The van der Waals surface area contributed by atoms with Gasteiger partial charge in [0.1, 0.15) is 5.75 Å². The number of hydrogen-bond donors (Lipinski definition) is 1. The van der Waals surface area contributed by atoms with Crippen molar-refractivity contribution in [3.05, 3.63) is 59.7 Å². The van der Waals surface area contributed by atoms with Crippen LogP contribution in [-0.2, 0) is 0 Å². The second-order valence-electron chi connectivity index (χ2n) is 6.60. The normalized spacial score (nSPS) is 11.3. The van der Waals surface area contributed by atoms with Crippen LogP contribution >= 0.6 is 0 Å². The molecule has 0 saturated carbocycles. The third kappa shape index (κ3) is 6.52. The maximum absolute atomic E-state index is 12.2. The molecule has 0 radical (unpaired) electrons. The Kier molecular flexibility index (Phi) is 5.61. The van der Waals surface area contributed by atoms with Gasteiger partial charge in [-0.2, -0.15) is 0 Å². The SMILES string of the molecule is CC(C)(C)C#Cc1ccc(C(=O)Nc2ccc(OC(F)(F)F)cc2)cc1. The number of hydrogen-bond acceptors (Lipinski definition) is 2. The Hall–Kier alpha value is -2.94. The minimum Gasteiger partial charge on any atom is -0.406 e. The molecule has 0 aromatic heterocycles. The summed E-state index contributed by atoms with van der Waals surface area (Å²) >= 11 is 0. The van der Waals surface area contributed by atoms with Crippen molar-refractivity contribution in [2.75, 3.05) is 5.32 Å². The molecule has 0 fully saturated rings. The number of amides is 1. The monoisotopic (exact) mass is 361 g/mol. The van der Waals surface area contributed by atoms with Gasteiger partial charge < -0.3 is 10.1 Å². The second-order valence-corrected chi connectivity index (χ2v) is 6.60. The minimum absolute atomic E-state index is 0.113. The van der Waals surface area contributed by atoms with E-state index in [0.29, 0.717) is 11.3 Å². The average Bonchev–Trinajstić information content (AvgIpc) is 2.53. The maximum Gasteiger partial charge on any atom is 0.573 e. The van der Waals surface area contributed by atoms with Crippen LogP contribution in [0.3, 0.4) is 0 Å². The smallest absolute Gasteiger partial charge is 0.406 e. The summed E-state index contributed by atoms with van der Waals surface area (Å²) in [5.41, 5.74) is 1.46. The molecule has 6 heteroatoms. The molecule has 0 bridgehead atoms.